The first-order chi connectivity index (χ1) is 5.25. The second kappa shape index (κ2) is 1.73. The standard InChI is InChI=1S/C7H7N3/c8-7-5-6-3-1-2-4-10(6)9-7/h1-5H,(H2,8,9)/i2D. The van der Waals surface area contributed by atoms with E-state index in [9.17, 15) is 0 Å². The average Bonchev–Trinajstić information content (AvgIpc) is 2.27. The van der Waals surface area contributed by atoms with E-state index >= 15 is 0 Å². The maximum atomic E-state index is 7.28. The average molecular weight is 134 g/mol. The number of hydrogen-bond acceptors (Lipinski definition) is 2. The summed E-state index contributed by atoms with van der Waals surface area (Å²) in [5.41, 5.74) is 6.36. The smallest absolute Gasteiger partial charge is 0.146 e. The lowest BCUT2D eigenvalue weighted by Gasteiger charge is -1.86. The van der Waals surface area contributed by atoms with Gasteiger partial charge in [-0.05, 0) is 12.1 Å². The molecule has 0 spiro atoms. The van der Waals surface area contributed by atoms with E-state index in [1.165, 1.54) is 0 Å². The molecule has 3 heteroatoms. The van der Waals surface area contributed by atoms with Crippen LogP contribution in [0.2, 0.25) is 0 Å². The maximum Gasteiger partial charge on any atom is 0.146 e. The molecular weight excluding hydrogens is 126 g/mol. The molecule has 0 bridgehead atoms. The molecule has 0 saturated heterocycles. The van der Waals surface area contributed by atoms with Crippen molar-refractivity contribution in [1.82, 2.24) is 9.61 Å². The summed E-state index contributed by atoms with van der Waals surface area (Å²) >= 11 is 0. The van der Waals surface area contributed by atoms with Crippen LogP contribution >= 0.6 is 0 Å². The van der Waals surface area contributed by atoms with Gasteiger partial charge in [0.15, 0.2) is 0 Å². The summed E-state index contributed by atoms with van der Waals surface area (Å²) in [7, 11) is 0. The van der Waals surface area contributed by atoms with E-state index in [0.29, 0.717) is 11.9 Å². The van der Waals surface area contributed by atoms with Gasteiger partial charge in [-0.3, -0.25) is 0 Å². The summed E-state index contributed by atoms with van der Waals surface area (Å²) in [4.78, 5) is 0. The van der Waals surface area contributed by atoms with Crippen molar-refractivity contribution in [2.75, 3.05) is 5.73 Å². The zero-order chi connectivity index (χ0) is 7.84. The van der Waals surface area contributed by atoms with Crippen molar-refractivity contribution in [2.45, 2.75) is 0 Å². The van der Waals surface area contributed by atoms with E-state index in [-0.39, 0.29) is 0 Å². The Morgan fingerprint density at radius 2 is 2.60 bits per heavy atom. The highest BCUT2D eigenvalue weighted by Crippen LogP contribution is 2.05. The van der Waals surface area contributed by atoms with Gasteiger partial charge in [-0.2, -0.15) is 5.10 Å². The van der Waals surface area contributed by atoms with E-state index in [1.54, 1.807) is 22.8 Å². The highest BCUT2D eigenvalue weighted by Gasteiger charge is 1.92. The van der Waals surface area contributed by atoms with Gasteiger partial charge in [0.05, 0.1) is 6.89 Å². The molecule has 0 radical (unpaired) electrons. The molecule has 0 saturated carbocycles. The lowest BCUT2D eigenvalue weighted by Crippen LogP contribution is -1.87. The minimum absolute atomic E-state index is 0.431. The monoisotopic (exact) mass is 134 g/mol. The molecule has 10 heavy (non-hydrogen) atoms. The van der Waals surface area contributed by atoms with Gasteiger partial charge < -0.3 is 5.73 Å². The van der Waals surface area contributed by atoms with Crippen molar-refractivity contribution in [3.63, 3.8) is 0 Å². The molecular formula is C7H7N3. The van der Waals surface area contributed by atoms with Gasteiger partial charge in [0.2, 0.25) is 0 Å². The van der Waals surface area contributed by atoms with E-state index in [0.717, 1.165) is 5.52 Å². The van der Waals surface area contributed by atoms with Crippen LogP contribution in [0.4, 0.5) is 5.82 Å². The van der Waals surface area contributed by atoms with Gasteiger partial charge in [0, 0.05) is 12.3 Å². The van der Waals surface area contributed by atoms with Crippen molar-refractivity contribution in [3.8, 4) is 0 Å². The third-order valence-electron chi connectivity index (χ3n) is 1.33. The summed E-state index contributed by atoms with van der Waals surface area (Å²) in [5.74, 6) is 0.482. The summed E-state index contributed by atoms with van der Waals surface area (Å²) in [6.07, 6.45) is 1.62. The number of pyridine rings is 1. The summed E-state index contributed by atoms with van der Waals surface area (Å²) in [5, 5.41) is 3.95. The first-order valence-electron chi connectivity index (χ1n) is 3.47. The molecule has 0 amide bonds. The Bertz CT molecular complexity index is 393. The zero-order valence-electron chi connectivity index (χ0n) is 6.28. The Balaban J connectivity index is 2.82. The van der Waals surface area contributed by atoms with E-state index in [1.807, 2.05) is 6.07 Å². The number of fused-ring (bicyclic) bond motifs is 1. The van der Waals surface area contributed by atoms with Crippen LogP contribution in [0, 0.1) is 0 Å². The number of anilines is 1. The predicted molar refractivity (Wildman–Crippen MR) is 39.6 cm³/mol. The Morgan fingerprint density at radius 1 is 1.70 bits per heavy atom. The molecule has 2 N–H and O–H groups in total. The minimum atomic E-state index is 0.431. The van der Waals surface area contributed by atoms with Crippen LogP contribution in [0.25, 0.3) is 5.52 Å². The molecule has 2 aromatic rings. The summed E-state index contributed by atoms with van der Waals surface area (Å²) in [6, 6.07) is 5.71. The largest absolute Gasteiger partial charge is 0.382 e. The molecule has 2 aromatic heterocycles. The Morgan fingerprint density at radius 3 is 3.50 bits per heavy atom. The molecule has 2 heterocycles. The lowest BCUT2D eigenvalue weighted by atomic mass is 10.4. The summed E-state index contributed by atoms with van der Waals surface area (Å²) < 4.78 is 8.88. The molecule has 0 atom stereocenters. The maximum absolute atomic E-state index is 7.28. The molecule has 0 aromatic carbocycles. The molecule has 0 aliphatic carbocycles. The van der Waals surface area contributed by atoms with Crippen molar-refractivity contribution >= 4 is 11.3 Å². The fourth-order valence-corrected chi connectivity index (χ4v) is 0.904. The number of nitrogens with zero attached hydrogens (tertiary/aromatic N) is 2. The van der Waals surface area contributed by atoms with Crippen molar-refractivity contribution < 1.29 is 1.37 Å². The number of nitrogen functional groups attached to an aromatic ring is 1. The van der Waals surface area contributed by atoms with Crippen LogP contribution in [-0.4, -0.2) is 9.61 Å². The second-order valence-corrected chi connectivity index (χ2v) is 2.07. The molecule has 50 valence electrons. The molecule has 2 rings (SSSR count). The topological polar surface area (TPSA) is 43.3 Å². The molecule has 3 nitrogen and oxygen atoms in total. The van der Waals surface area contributed by atoms with E-state index in [4.69, 9.17) is 7.10 Å². The van der Waals surface area contributed by atoms with Crippen molar-refractivity contribution in [1.29, 1.82) is 0 Å². The first-order valence-corrected chi connectivity index (χ1v) is 2.97. The fourth-order valence-electron chi connectivity index (χ4n) is 0.904. The number of aromatic nitrogens is 2. The predicted octanol–water partition coefficient (Wildman–Crippen LogP) is 0.916. The van der Waals surface area contributed by atoms with Gasteiger partial charge in [-0.15, -0.1) is 0 Å². The third kappa shape index (κ3) is 0.639. The van der Waals surface area contributed by atoms with Crippen LogP contribution in [0.3, 0.4) is 0 Å². The van der Waals surface area contributed by atoms with Gasteiger partial charge in [0.1, 0.15) is 5.82 Å². The van der Waals surface area contributed by atoms with Gasteiger partial charge in [-0.25, -0.2) is 4.52 Å². The third-order valence-corrected chi connectivity index (χ3v) is 1.33. The van der Waals surface area contributed by atoms with Gasteiger partial charge in [-0.1, -0.05) is 6.07 Å². The molecule has 0 aliphatic rings. The highest BCUT2D eigenvalue weighted by atomic mass is 15.2. The SMILES string of the molecule is [2H]c1ccc2cc(N)nn2c1. The lowest BCUT2D eigenvalue weighted by molar-refractivity contribution is 0.968. The summed E-state index contributed by atoms with van der Waals surface area (Å²) in [6.45, 7) is 0. The molecule has 0 fully saturated rings. The first kappa shape index (κ1) is 4.33. The number of nitrogens with two attached hydrogens (primary N) is 1. The van der Waals surface area contributed by atoms with Crippen LogP contribution < -0.4 is 5.73 Å². The van der Waals surface area contributed by atoms with Gasteiger partial charge in [0.25, 0.3) is 0 Å². The van der Waals surface area contributed by atoms with Crippen LogP contribution in [0.5, 0.6) is 0 Å². The van der Waals surface area contributed by atoms with E-state index in [2.05, 4.69) is 5.10 Å². The zero-order valence-corrected chi connectivity index (χ0v) is 5.28. The van der Waals surface area contributed by atoms with Crippen molar-refractivity contribution in [2.24, 2.45) is 0 Å². The number of hydrogen-bond donors (Lipinski definition) is 1. The Labute approximate surface area is 59.5 Å². The Kier molecular flexibility index (Phi) is 0.750. The number of rotatable bonds is 0. The van der Waals surface area contributed by atoms with Crippen LogP contribution in [-0.2, 0) is 0 Å². The second-order valence-electron chi connectivity index (χ2n) is 2.07. The molecule has 0 unspecified atom stereocenters. The van der Waals surface area contributed by atoms with Crippen LogP contribution in [0.15, 0.2) is 30.4 Å². The minimum Gasteiger partial charge on any atom is -0.382 e. The Hall–Kier alpha value is -1.51. The fraction of sp³-hybridized carbons (Fsp3) is 0. The highest BCUT2D eigenvalue weighted by molar-refractivity contribution is 5.53. The van der Waals surface area contributed by atoms with Crippen LogP contribution in [0.1, 0.15) is 1.37 Å². The quantitative estimate of drug-likeness (QED) is 0.582. The normalized spacial score (nSPS) is 11.8. The molecule has 0 aliphatic heterocycles. The van der Waals surface area contributed by atoms with Crippen molar-refractivity contribution in [3.05, 3.63) is 30.4 Å². The van der Waals surface area contributed by atoms with Gasteiger partial charge >= 0.3 is 0 Å². The van der Waals surface area contributed by atoms with E-state index < -0.39 is 0 Å².